The molecule has 118 valence electrons. The van der Waals surface area contributed by atoms with Crippen LogP contribution in [0.3, 0.4) is 0 Å². The Labute approximate surface area is 134 Å². The number of methoxy groups -OCH3 is 1. The molecule has 0 aromatic carbocycles. The highest BCUT2D eigenvalue weighted by atomic mass is 32.2. The molecule has 1 saturated heterocycles. The molecule has 1 aliphatic carbocycles. The molecule has 0 unspecified atom stereocenters. The lowest BCUT2D eigenvalue weighted by Crippen LogP contribution is -2.22. The smallest absolute Gasteiger partial charge is 0.264 e. The zero-order valence-electron chi connectivity index (χ0n) is 12.6. The van der Waals surface area contributed by atoms with E-state index in [2.05, 4.69) is 10.3 Å². The lowest BCUT2D eigenvalue weighted by Gasteiger charge is -2.17. The summed E-state index contributed by atoms with van der Waals surface area (Å²) in [5.41, 5.74) is 0. The normalized spacial score (nSPS) is 23.4. The van der Waals surface area contributed by atoms with Gasteiger partial charge in [-0.3, -0.25) is 9.79 Å². The minimum atomic E-state index is -0.107. The summed E-state index contributed by atoms with van der Waals surface area (Å²) in [5.74, 6) is 1.29. The summed E-state index contributed by atoms with van der Waals surface area (Å²) in [5, 5.41) is 3.56. The van der Waals surface area contributed by atoms with Crippen molar-refractivity contribution in [3.05, 3.63) is 28.6 Å². The van der Waals surface area contributed by atoms with Gasteiger partial charge < -0.3 is 14.5 Å². The van der Waals surface area contributed by atoms with E-state index in [-0.39, 0.29) is 5.91 Å². The summed E-state index contributed by atoms with van der Waals surface area (Å²) < 4.78 is 10.6. The Morgan fingerprint density at radius 3 is 3.00 bits per heavy atom. The number of hydrogen-bond acceptors (Lipinski definition) is 5. The maximum Gasteiger partial charge on any atom is 0.264 e. The third kappa shape index (κ3) is 3.81. The van der Waals surface area contributed by atoms with Crippen molar-refractivity contribution in [2.24, 2.45) is 4.99 Å². The Morgan fingerprint density at radius 1 is 1.41 bits per heavy atom. The fourth-order valence-corrected chi connectivity index (χ4v) is 3.56. The first kappa shape index (κ1) is 15.4. The van der Waals surface area contributed by atoms with Crippen LogP contribution in [0.4, 0.5) is 0 Å². The third-order valence-electron chi connectivity index (χ3n) is 3.77. The largest absolute Gasteiger partial charge is 0.459 e. The first-order valence-corrected chi connectivity index (χ1v) is 8.42. The molecule has 2 aliphatic rings. The highest BCUT2D eigenvalue weighted by molar-refractivity contribution is 8.18. The summed E-state index contributed by atoms with van der Waals surface area (Å²) in [6.07, 6.45) is 7.76. The first-order valence-electron chi connectivity index (χ1n) is 7.61. The van der Waals surface area contributed by atoms with Gasteiger partial charge in [0.2, 0.25) is 0 Å². The summed E-state index contributed by atoms with van der Waals surface area (Å²) in [7, 11) is 1.62. The molecule has 1 aromatic rings. The maximum absolute atomic E-state index is 12.0. The molecular weight excluding hydrogens is 300 g/mol. The van der Waals surface area contributed by atoms with Crippen molar-refractivity contribution in [1.82, 2.24) is 5.32 Å². The van der Waals surface area contributed by atoms with E-state index < -0.39 is 0 Å². The van der Waals surface area contributed by atoms with Gasteiger partial charge in [-0.25, -0.2) is 0 Å². The molecule has 1 aromatic heterocycles. The average Bonchev–Trinajstić information content (AvgIpc) is 3.08. The molecule has 0 spiro atoms. The van der Waals surface area contributed by atoms with Gasteiger partial charge in [-0.15, -0.1) is 0 Å². The van der Waals surface area contributed by atoms with Crippen molar-refractivity contribution in [2.75, 3.05) is 7.11 Å². The van der Waals surface area contributed by atoms with Gasteiger partial charge in [-0.2, -0.15) is 0 Å². The summed E-state index contributed by atoms with van der Waals surface area (Å²) in [4.78, 5) is 17.3. The predicted octanol–water partition coefficient (Wildman–Crippen LogP) is 3.32. The number of amides is 1. The van der Waals surface area contributed by atoms with Crippen molar-refractivity contribution in [1.29, 1.82) is 0 Å². The van der Waals surface area contributed by atoms with Gasteiger partial charge in [0.25, 0.3) is 5.91 Å². The summed E-state index contributed by atoms with van der Waals surface area (Å²) >= 11 is 1.39. The highest BCUT2D eigenvalue weighted by Crippen LogP contribution is 2.29. The SMILES string of the molecule is COCc1ccc(C=C2SC(=NC3CCCCC3)NC2=O)o1. The fraction of sp³-hybridized carbons (Fsp3) is 0.500. The van der Waals surface area contributed by atoms with Crippen molar-refractivity contribution in [2.45, 2.75) is 44.8 Å². The number of thioether (sulfide) groups is 1. The molecule has 1 N–H and O–H groups in total. The second-order valence-corrected chi connectivity index (χ2v) is 6.56. The van der Waals surface area contributed by atoms with E-state index in [1.54, 1.807) is 13.2 Å². The van der Waals surface area contributed by atoms with Crippen molar-refractivity contribution >= 4 is 28.9 Å². The van der Waals surface area contributed by atoms with Gasteiger partial charge in [-0.05, 0) is 36.7 Å². The minimum Gasteiger partial charge on any atom is -0.459 e. The second kappa shape index (κ2) is 7.15. The number of nitrogens with zero attached hydrogens (tertiary/aromatic N) is 1. The van der Waals surface area contributed by atoms with Crippen LogP contribution in [0.25, 0.3) is 6.08 Å². The van der Waals surface area contributed by atoms with Crippen molar-refractivity contribution in [3.8, 4) is 0 Å². The Bertz CT molecular complexity index is 600. The number of nitrogens with one attached hydrogen (secondary N) is 1. The summed E-state index contributed by atoms with van der Waals surface area (Å²) in [6.45, 7) is 0.427. The van der Waals surface area contributed by atoms with Crippen LogP contribution in [0.5, 0.6) is 0 Å². The Morgan fingerprint density at radius 2 is 2.23 bits per heavy atom. The second-order valence-electron chi connectivity index (χ2n) is 5.53. The fourth-order valence-electron chi connectivity index (χ4n) is 2.69. The molecule has 0 radical (unpaired) electrons. The molecule has 2 heterocycles. The zero-order valence-corrected chi connectivity index (χ0v) is 13.4. The van der Waals surface area contributed by atoms with Gasteiger partial charge in [0.15, 0.2) is 5.17 Å². The van der Waals surface area contributed by atoms with E-state index in [1.807, 2.05) is 12.1 Å². The van der Waals surface area contributed by atoms with Crippen LogP contribution < -0.4 is 5.32 Å². The number of hydrogen-bond donors (Lipinski definition) is 1. The Balaban J connectivity index is 1.68. The number of carbonyl (C=O) groups excluding carboxylic acids is 1. The molecular formula is C16H20N2O3S. The molecule has 1 aliphatic heterocycles. The maximum atomic E-state index is 12.0. The van der Waals surface area contributed by atoms with Crippen LogP contribution in [0.2, 0.25) is 0 Å². The number of carbonyl (C=O) groups is 1. The third-order valence-corrected chi connectivity index (χ3v) is 4.69. The van der Waals surface area contributed by atoms with Crippen LogP contribution in [-0.4, -0.2) is 24.2 Å². The standard InChI is InChI=1S/C16H20N2O3S/c1-20-10-13-8-7-12(21-13)9-14-15(19)18-16(22-14)17-11-5-3-2-4-6-11/h7-9,11H,2-6,10H2,1H3,(H,17,18,19). The van der Waals surface area contributed by atoms with E-state index >= 15 is 0 Å². The van der Waals surface area contributed by atoms with Gasteiger partial charge >= 0.3 is 0 Å². The quantitative estimate of drug-likeness (QED) is 0.864. The van der Waals surface area contributed by atoms with Crippen molar-refractivity contribution < 1.29 is 13.9 Å². The molecule has 1 saturated carbocycles. The van der Waals surface area contributed by atoms with Crippen LogP contribution in [0.1, 0.15) is 43.6 Å². The molecule has 2 fully saturated rings. The topological polar surface area (TPSA) is 63.8 Å². The molecule has 1 amide bonds. The molecule has 3 rings (SSSR count). The van der Waals surface area contributed by atoms with Gasteiger partial charge in [0.05, 0.1) is 10.9 Å². The van der Waals surface area contributed by atoms with Gasteiger partial charge in [0.1, 0.15) is 18.1 Å². The molecule has 6 heteroatoms. The highest BCUT2D eigenvalue weighted by Gasteiger charge is 2.25. The van der Waals surface area contributed by atoms with E-state index in [0.717, 1.165) is 18.6 Å². The number of amidine groups is 1. The zero-order chi connectivity index (χ0) is 15.4. The van der Waals surface area contributed by atoms with E-state index in [0.29, 0.717) is 28.5 Å². The number of ether oxygens (including phenoxy) is 1. The predicted molar refractivity (Wildman–Crippen MR) is 87.4 cm³/mol. The van der Waals surface area contributed by atoms with Crippen LogP contribution in [0, 0.1) is 0 Å². The number of furan rings is 1. The molecule has 0 atom stereocenters. The lowest BCUT2D eigenvalue weighted by molar-refractivity contribution is -0.115. The van der Waals surface area contributed by atoms with Gasteiger partial charge in [0, 0.05) is 13.2 Å². The van der Waals surface area contributed by atoms with Crippen LogP contribution in [0.15, 0.2) is 26.4 Å². The van der Waals surface area contributed by atoms with Crippen molar-refractivity contribution in [3.63, 3.8) is 0 Å². The molecule has 5 nitrogen and oxygen atoms in total. The monoisotopic (exact) mass is 320 g/mol. The minimum absolute atomic E-state index is 0.107. The summed E-state index contributed by atoms with van der Waals surface area (Å²) in [6, 6.07) is 4.04. The molecule has 22 heavy (non-hydrogen) atoms. The number of aliphatic imine (C=N–C) groups is 1. The molecule has 0 bridgehead atoms. The number of rotatable bonds is 4. The van der Waals surface area contributed by atoms with E-state index in [1.165, 1.54) is 31.0 Å². The lowest BCUT2D eigenvalue weighted by atomic mass is 9.96. The van der Waals surface area contributed by atoms with Gasteiger partial charge in [-0.1, -0.05) is 19.3 Å². The first-order chi connectivity index (χ1) is 10.7. The Kier molecular flexibility index (Phi) is 5.00. The van der Waals surface area contributed by atoms with E-state index in [9.17, 15) is 4.79 Å². The van der Waals surface area contributed by atoms with Crippen LogP contribution >= 0.6 is 11.8 Å². The van der Waals surface area contributed by atoms with E-state index in [4.69, 9.17) is 9.15 Å². The van der Waals surface area contributed by atoms with Crippen LogP contribution in [-0.2, 0) is 16.1 Å². The average molecular weight is 320 g/mol. The Hall–Kier alpha value is -1.53.